The normalized spacial score (nSPS) is 11.4. The summed E-state index contributed by atoms with van der Waals surface area (Å²) in [5.74, 6) is 0. The summed E-state index contributed by atoms with van der Waals surface area (Å²) in [4.78, 5) is 3.74. The molecule has 1 heteroatoms. The average Bonchev–Trinajstić information content (AvgIpc) is 3.20. The summed E-state index contributed by atoms with van der Waals surface area (Å²) in [6, 6.07) is 38.9. The molecule has 0 aliphatic heterocycles. The number of hydrogen-bond donors (Lipinski definition) is 1. The Hall–Kier alpha value is -3.84. The predicted octanol–water partition coefficient (Wildman–Crippen LogP) is 7.81. The number of rotatable bonds is 2. The van der Waals surface area contributed by atoms with Gasteiger partial charge in [0.1, 0.15) is 0 Å². The zero-order valence-corrected chi connectivity index (χ0v) is 15.9. The first kappa shape index (κ1) is 16.1. The smallest absolute Gasteiger partial charge is 0.0544 e. The van der Waals surface area contributed by atoms with Crippen molar-refractivity contribution in [3.63, 3.8) is 0 Å². The van der Waals surface area contributed by atoms with Crippen LogP contribution in [0.25, 0.3) is 54.8 Å². The zero-order chi connectivity index (χ0) is 19.2. The minimum absolute atomic E-state index is 1.17. The first-order chi connectivity index (χ1) is 14.4. The van der Waals surface area contributed by atoms with Crippen LogP contribution in [-0.2, 0) is 0 Å². The molecule has 0 radical (unpaired) electrons. The molecule has 136 valence electrons. The Morgan fingerprint density at radius 2 is 1.07 bits per heavy atom. The number of aromatic nitrogens is 1. The fourth-order valence-electron chi connectivity index (χ4n) is 4.50. The van der Waals surface area contributed by atoms with Gasteiger partial charge in [-0.1, -0.05) is 103 Å². The maximum Gasteiger partial charge on any atom is 0.0544 e. The summed E-state index contributed by atoms with van der Waals surface area (Å²) in [6.45, 7) is 0. The van der Waals surface area contributed by atoms with Crippen molar-refractivity contribution in [1.82, 2.24) is 4.98 Å². The van der Waals surface area contributed by atoms with E-state index in [2.05, 4.69) is 114 Å². The number of benzene rings is 5. The van der Waals surface area contributed by atoms with Crippen molar-refractivity contribution in [3.05, 3.63) is 109 Å². The molecule has 5 aromatic carbocycles. The molecule has 1 nitrogen and oxygen atoms in total. The van der Waals surface area contributed by atoms with Crippen molar-refractivity contribution < 1.29 is 0 Å². The third-order valence-corrected chi connectivity index (χ3v) is 5.79. The van der Waals surface area contributed by atoms with Crippen LogP contribution in [0.2, 0.25) is 0 Å². The predicted molar refractivity (Wildman–Crippen MR) is 124 cm³/mol. The van der Waals surface area contributed by atoms with E-state index in [0.29, 0.717) is 0 Å². The third kappa shape index (κ3) is 2.48. The Morgan fingerprint density at radius 1 is 0.448 bits per heavy atom. The average molecular weight is 369 g/mol. The van der Waals surface area contributed by atoms with Crippen LogP contribution in [0.15, 0.2) is 109 Å². The minimum Gasteiger partial charge on any atom is -0.354 e. The molecule has 1 N–H and O–H groups in total. The van der Waals surface area contributed by atoms with Gasteiger partial charge in [0.05, 0.1) is 5.69 Å². The van der Waals surface area contributed by atoms with Crippen LogP contribution in [-0.4, -0.2) is 4.98 Å². The summed E-state index contributed by atoms with van der Waals surface area (Å²) in [6.07, 6.45) is 0. The molecule has 0 unspecified atom stereocenters. The summed E-state index contributed by atoms with van der Waals surface area (Å²) in [7, 11) is 0. The second-order valence-corrected chi connectivity index (χ2v) is 7.48. The highest BCUT2D eigenvalue weighted by Crippen LogP contribution is 2.43. The molecule has 0 saturated heterocycles. The van der Waals surface area contributed by atoms with E-state index >= 15 is 0 Å². The van der Waals surface area contributed by atoms with Gasteiger partial charge in [-0.2, -0.15) is 0 Å². The lowest BCUT2D eigenvalue weighted by molar-refractivity contribution is 1.45. The van der Waals surface area contributed by atoms with Crippen molar-refractivity contribution in [3.8, 4) is 22.4 Å². The van der Waals surface area contributed by atoms with E-state index < -0.39 is 0 Å². The molecule has 1 aromatic heterocycles. The van der Waals surface area contributed by atoms with E-state index in [4.69, 9.17) is 0 Å². The highest BCUT2D eigenvalue weighted by molar-refractivity contribution is 6.25. The molecule has 0 spiro atoms. The zero-order valence-electron chi connectivity index (χ0n) is 15.9. The molecule has 29 heavy (non-hydrogen) atoms. The van der Waals surface area contributed by atoms with Crippen LogP contribution >= 0.6 is 0 Å². The van der Waals surface area contributed by atoms with E-state index in [0.717, 1.165) is 0 Å². The van der Waals surface area contributed by atoms with E-state index in [1.165, 1.54) is 54.8 Å². The van der Waals surface area contributed by atoms with Gasteiger partial charge in [-0.3, -0.25) is 0 Å². The molecule has 6 aromatic rings. The Morgan fingerprint density at radius 3 is 1.86 bits per heavy atom. The Bertz CT molecular complexity index is 1480. The molecule has 0 amide bonds. The number of fused-ring (bicyclic) bond motifs is 5. The van der Waals surface area contributed by atoms with Crippen LogP contribution < -0.4 is 0 Å². The van der Waals surface area contributed by atoms with Gasteiger partial charge >= 0.3 is 0 Å². The van der Waals surface area contributed by atoms with Crippen LogP contribution in [0, 0.1) is 0 Å². The lowest BCUT2D eigenvalue weighted by atomic mass is 9.93. The van der Waals surface area contributed by atoms with E-state index in [1.807, 2.05) is 0 Å². The Kier molecular flexibility index (Phi) is 3.54. The lowest BCUT2D eigenvalue weighted by Crippen LogP contribution is -1.84. The first-order valence-corrected chi connectivity index (χ1v) is 9.97. The van der Waals surface area contributed by atoms with Crippen molar-refractivity contribution in [2.24, 2.45) is 0 Å². The van der Waals surface area contributed by atoms with Gasteiger partial charge in [0, 0.05) is 16.5 Å². The molecular weight excluding hydrogens is 350 g/mol. The minimum atomic E-state index is 1.17. The molecule has 0 bridgehead atoms. The second-order valence-electron chi connectivity index (χ2n) is 7.48. The second kappa shape index (κ2) is 6.35. The summed E-state index contributed by atoms with van der Waals surface area (Å²) >= 11 is 0. The van der Waals surface area contributed by atoms with Gasteiger partial charge in [0.2, 0.25) is 0 Å². The van der Waals surface area contributed by atoms with Gasteiger partial charge in [-0.15, -0.1) is 0 Å². The van der Waals surface area contributed by atoms with Gasteiger partial charge in [-0.05, 0) is 38.7 Å². The molecule has 0 aliphatic rings. The number of nitrogens with one attached hydrogen (secondary N) is 1. The molecule has 6 rings (SSSR count). The van der Waals surface area contributed by atoms with Crippen LogP contribution in [0.5, 0.6) is 0 Å². The molecule has 0 aliphatic carbocycles. The van der Waals surface area contributed by atoms with E-state index in [-0.39, 0.29) is 0 Å². The van der Waals surface area contributed by atoms with E-state index in [9.17, 15) is 0 Å². The highest BCUT2D eigenvalue weighted by atomic mass is 14.7. The van der Waals surface area contributed by atoms with Crippen molar-refractivity contribution in [2.75, 3.05) is 0 Å². The van der Waals surface area contributed by atoms with Crippen LogP contribution in [0.3, 0.4) is 0 Å². The summed E-state index contributed by atoms with van der Waals surface area (Å²) in [5.41, 5.74) is 6.06. The van der Waals surface area contributed by atoms with Crippen LogP contribution in [0.4, 0.5) is 0 Å². The Balaban J connectivity index is 1.86. The van der Waals surface area contributed by atoms with Gasteiger partial charge in [0.15, 0.2) is 0 Å². The number of H-pyrrole nitrogens is 1. The topological polar surface area (TPSA) is 15.8 Å². The maximum atomic E-state index is 3.74. The summed E-state index contributed by atoms with van der Waals surface area (Å²) in [5, 5.41) is 6.45. The molecule has 0 saturated carbocycles. The fourth-order valence-corrected chi connectivity index (χ4v) is 4.50. The van der Waals surface area contributed by atoms with Crippen molar-refractivity contribution in [1.29, 1.82) is 0 Å². The standard InChI is InChI=1S/C28H19N/c1-3-10-20(11-4-1)26-27-24(29-28(26)22-12-5-2-6-13-22)18-17-21-16-15-19-9-7-8-14-23(19)25(21)27/h1-18,29H. The molecule has 1 heterocycles. The highest BCUT2D eigenvalue weighted by Gasteiger charge is 2.18. The third-order valence-electron chi connectivity index (χ3n) is 5.79. The fraction of sp³-hybridized carbons (Fsp3) is 0. The molecule has 0 fully saturated rings. The molecular formula is C28H19N. The first-order valence-electron chi connectivity index (χ1n) is 9.97. The maximum absolute atomic E-state index is 3.74. The van der Waals surface area contributed by atoms with Gasteiger partial charge in [-0.25, -0.2) is 0 Å². The number of hydrogen-bond acceptors (Lipinski definition) is 0. The largest absolute Gasteiger partial charge is 0.354 e. The van der Waals surface area contributed by atoms with Crippen molar-refractivity contribution in [2.45, 2.75) is 0 Å². The molecule has 0 atom stereocenters. The van der Waals surface area contributed by atoms with Crippen molar-refractivity contribution >= 4 is 32.4 Å². The number of aromatic amines is 1. The Labute approximate surface area is 169 Å². The SMILES string of the molecule is c1ccc(-c2[nH]c3ccc4ccc5ccccc5c4c3c2-c2ccccc2)cc1. The summed E-state index contributed by atoms with van der Waals surface area (Å²) < 4.78 is 0. The van der Waals surface area contributed by atoms with E-state index in [1.54, 1.807) is 0 Å². The van der Waals surface area contributed by atoms with Crippen LogP contribution in [0.1, 0.15) is 0 Å². The quantitative estimate of drug-likeness (QED) is 0.300. The lowest BCUT2D eigenvalue weighted by Gasteiger charge is -2.09. The van der Waals surface area contributed by atoms with Gasteiger partial charge in [0.25, 0.3) is 0 Å². The van der Waals surface area contributed by atoms with Gasteiger partial charge < -0.3 is 4.98 Å². The monoisotopic (exact) mass is 369 g/mol.